The van der Waals surface area contributed by atoms with Gasteiger partial charge < -0.3 is 20.3 Å². The fourth-order valence-electron chi connectivity index (χ4n) is 1.96. The standard InChI is InChI=1S/C11H16ClNO.C8H8O2/c1-8(2)13-7-11(14)9-5-3-4-6-10(9)12;1-6-2-4-7(5-3-6)8(9)10/h3-6,8,11,13-14H,7H2,1-2H3;2-5H,1H3,(H,9,10)/t11-;/m1./s1. The van der Waals surface area contributed by atoms with E-state index in [9.17, 15) is 15.0 Å². The topological polar surface area (TPSA) is 77.0 Å². The van der Waals surface area contributed by atoms with Crippen molar-refractivity contribution in [1.82, 2.24) is 0 Å². The molecule has 4 nitrogen and oxygen atoms in total. The number of nitrogens with two attached hydrogens (primary N) is 1. The average Bonchev–Trinajstić information content (AvgIpc) is 2.54. The van der Waals surface area contributed by atoms with E-state index in [-0.39, 0.29) is 5.56 Å². The van der Waals surface area contributed by atoms with Crippen molar-refractivity contribution >= 4 is 17.6 Å². The number of aryl methyl sites for hydroxylation is 1. The number of carboxylic acids is 1. The Balaban J connectivity index is 0.000000254. The van der Waals surface area contributed by atoms with Crippen LogP contribution in [0.4, 0.5) is 0 Å². The third-order valence-electron chi connectivity index (χ3n) is 3.38. The van der Waals surface area contributed by atoms with Crippen LogP contribution in [0.25, 0.3) is 0 Å². The van der Waals surface area contributed by atoms with E-state index < -0.39 is 12.1 Å². The van der Waals surface area contributed by atoms with E-state index in [4.69, 9.17) is 11.6 Å². The number of carbonyl (C=O) groups excluding carboxylic acids is 1. The summed E-state index contributed by atoms with van der Waals surface area (Å²) in [6, 6.07) is 14.5. The first kappa shape index (κ1) is 20.2. The minimum atomic E-state index is -1.12. The third kappa shape index (κ3) is 7.13. The predicted molar refractivity (Wildman–Crippen MR) is 93.8 cm³/mol. The molecule has 0 amide bonds. The molecule has 0 radical (unpaired) electrons. The molecule has 0 aliphatic carbocycles. The monoisotopic (exact) mass is 349 g/mol. The summed E-state index contributed by atoms with van der Waals surface area (Å²) in [5.74, 6) is -1.12. The van der Waals surface area contributed by atoms with Crippen LogP contribution in [0.5, 0.6) is 0 Å². The molecule has 0 fully saturated rings. The van der Waals surface area contributed by atoms with Crippen LogP contribution in [0.15, 0.2) is 48.5 Å². The van der Waals surface area contributed by atoms with Gasteiger partial charge in [-0.3, -0.25) is 0 Å². The van der Waals surface area contributed by atoms with Gasteiger partial charge in [-0.1, -0.05) is 59.6 Å². The molecule has 2 aromatic rings. The number of carbonyl (C=O) groups is 1. The highest BCUT2D eigenvalue weighted by molar-refractivity contribution is 6.31. The van der Waals surface area contributed by atoms with Gasteiger partial charge in [0.1, 0.15) is 12.6 Å². The lowest BCUT2D eigenvalue weighted by molar-refractivity contribution is -0.689. The lowest BCUT2D eigenvalue weighted by Crippen LogP contribution is -2.89. The SMILES string of the molecule is CC(C)[NH2+]C[C@@H](O)c1ccccc1Cl.Cc1ccc(C(=O)[O-])cc1. The molecule has 0 heterocycles. The number of carboxylic acid groups (broad SMARTS) is 1. The van der Waals surface area contributed by atoms with Crippen LogP contribution in [0.3, 0.4) is 0 Å². The Labute approximate surface area is 148 Å². The lowest BCUT2D eigenvalue weighted by atomic mass is 10.1. The molecule has 0 aromatic heterocycles. The fourth-order valence-corrected chi connectivity index (χ4v) is 2.22. The summed E-state index contributed by atoms with van der Waals surface area (Å²) in [5.41, 5.74) is 2.08. The smallest absolute Gasteiger partial charge is 0.129 e. The van der Waals surface area contributed by atoms with E-state index in [1.54, 1.807) is 18.2 Å². The van der Waals surface area contributed by atoms with Crippen molar-refractivity contribution in [3.05, 3.63) is 70.2 Å². The van der Waals surface area contributed by atoms with Crippen molar-refractivity contribution in [2.24, 2.45) is 0 Å². The Morgan fingerprint density at radius 3 is 2.25 bits per heavy atom. The molecule has 0 aliphatic rings. The first-order valence-electron chi connectivity index (χ1n) is 7.85. The van der Waals surface area contributed by atoms with Crippen LogP contribution < -0.4 is 10.4 Å². The van der Waals surface area contributed by atoms with Gasteiger partial charge in [-0.15, -0.1) is 0 Å². The molecule has 3 N–H and O–H groups in total. The van der Waals surface area contributed by atoms with Crippen molar-refractivity contribution in [2.45, 2.75) is 32.9 Å². The molecule has 0 aliphatic heterocycles. The van der Waals surface area contributed by atoms with Crippen LogP contribution in [0.2, 0.25) is 5.02 Å². The van der Waals surface area contributed by atoms with Crippen molar-refractivity contribution in [1.29, 1.82) is 0 Å². The van der Waals surface area contributed by atoms with E-state index >= 15 is 0 Å². The second kappa shape index (κ2) is 10.1. The van der Waals surface area contributed by atoms with Gasteiger partial charge in [-0.2, -0.15) is 0 Å². The molecular formula is C19H24ClNO3. The maximum atomic E-state index is 10.2. The largest absolute Gasteiger partial charge is 0.545 e. The van der Waals surface area contributed by atoms with Gasteiger partial charge in [-0.25, -0.2) is 0 Å². The second-order valence-corrected chi connectivity index (χ2v) is 6.31. The number of aliphatic hydroxyl groups excluding tert-OH is 1. The molecule has 0 saturated carbocycles. The van der Waals surface area contributed by atoms with Crippen molar-refractivity contribution in [3.63, 3.8) is 0 Å². The van der Waals surface area contributed by atoms with E-state index in [0.29, 0.717) is 17.6 Å². The average molecular weight is 350 g/mol. The molecule has 130 valence electrons. The summed E-state index contributed by atoms with van der Waals surface area (Å²) in [6.07, 6.45) is -0.480. The molecule has 0 saturated heterocycles. The zero-order valence-electron chi connectivity index (χ0n) is 14.2. The summed E-state index contributed by atoms with van der Waals surface area (Å²) in [4.78, 5) is 10.2. The predicted octanol–water partition coefficient (Wildman–Crippen LogP) is 1.70. The summed E-state index contributed by atoms with van der Waals surface area (Å²) in [6.45, 7) is 6.75. The zero-order chi connectivity index (χ0) is 18.1. The van der Waals surface area contributed by atoms with Crippen molar-refractivity contribution in [3.8, 4) is 0 Å². The first-order chi connectivity index (χ1) is 11.3. The van der Waals surface area contributed by atoms with E-state index in [1.165, 1.54) is 12.1 Å². The highest BCUT2D eigenvalue weighted by atomic mass is 35.5. The Morgan fingerprint density at radius 1 is 1.17 bits per heavy atom. The molecular weight excluding hydrogens is 326 g/mol. The number of benzene rings is 2. The fraction of sp³-hybridized carbons (Fsp3) is 0.316. The van der Waals surface area contributed by atoms with E-state index in [2.05, 4.69) is 19.2 Å². The van der Waals surface area contributed by atoms with E-state index in [1.807, 2.05) is 25.1 Å². The summed E-state index contributed by atoms with van der Waals surface area (Å²) in [7, 11) is 0. The maximum absolute atomic E-state index is 10.2. The Morgan fingerprint density at radius 2 is 1.75 bits per heavy atom. The molecule has 2 aromatic carbocycles. The van der Waals surface area contributed by atoms with Gasteiger partial charge in [0, 0.05) is 10.6 Å². The number of halogens is 1. The number of aromatic carboxylic acids is 1. The minimum Gasteiger partial charge on any atom is -0.545 e. The number of quaternary nitrogens is 1. The minimum absolute atomic E-state index is 0.227. The molecule has 0 bridgehead atoms. The third-order valence-corrected chi connectivity index (χ3v) is 3.73. The van der Waals surface area contributed by atoms with Crippen LogP contribution >= 0.6 is 11.6 Å². The first-order valence-corrected chi connectivity index (χ1v) is 8.23. The van der Waals surface area contributed by atoms with Crippen LogP contribution in [-0.2, 0) is 0 Å². The van der Waals surface area contributed by atoms with Crippen LogP contribution in [-0.4, -0.2) is 23.7 Å². The van der Waals surface area contributed by atoms with Crippen LogP contribution in [0, 0.1) is 6.92 Å². The zero-order valence-corrected chi connectivity index (χ0v) is 15.0. The lowest BCUT2D eigenvalue weighted by Gasteiger charge is -2.12. The molecule has 0 spiro atoms. The van der Waals surface area contributed by atoms with Gasteiger partial charge in [0.2, 0.25) is 0 Å². The molecule has 2 rings (SSSR count). The molecule has 24 heavy (non-hydrogen) atoms. The maximum Gasteiger partial charge on any atom is 0.129 e. The van der Waals surface area contributed by atoms with Crippen LogP contribution in [0.1, 0.15) is 41.4 Å². The molecule has 0 unspecified atom stereocenters. The second-order valence-electron chi connectivity index (χ2n) is 5.91. The summed E-state index contributed by atoms with van der Waals surface area (Å²) in [5, 5.41) is 22.8. The number of rotatable bonds is 5. The van der Waals surface area contributed by atoms with Gasteiger partial charge in [0.05, 0.1) is 12.0 Å². The number of hydrogen-bond acceptors (Lipinski definition) is 3. The normalized spacial score (nSPS) is 11.6. The summed E-state index contributed by atoms with van der Waals surface area (Å²) >= 11 is 5.96. The Kier molecular flexibility index (Phi) is 8.47. The van der Waals surface area contributed by atoms with Crippen molar-refractivity contribution < 1.29 is 20.3 Å². The van der Waals surface area contributed by atoms with E-state index in [0.717, 1.165) is 11.1 Å². The Hall–Kier alpha value is -1.88. The number of aliphatic hydroxyl groups is 1. The highest BCUT2D eigenvalue weighted by Crippen LogP contribution is 2.21. The molecule has 5 heteroatoms. The van der Waals surface area contributed by atoms with Gasteiger partial charge in [0.15, 0.2) is 0 Å². The quantitative estimate of drug-likeness (QED) is 0.862. The van der Waals surface area contributed by atoms with Crippen molar-refractivity contribution in [2.75, 3.05) is 6.54 Å². The molecule has 1 atom stereocenters. The van der Waals surface area contributed by atoms with Gasteiger partial charge in [0.25, 0.3) is 0 Å². The van der Waals surface area contributed by atoms with Gasteiger partial charge >= 0.3 is 0 Å². The number of hydrogen-bond donors (Lipinski definition) is 2. The summed E-state index contributed by atoms with van der Waals surface area (Å²) < 4.78 is 0. The van der Waals surface area contributed by atoms with Gasteiger partial charge in [-0.05, 0) is 32.4 Å². The highest BCUT2D eigenvalue weighted by Gasteiger charge is 2.12. The Bertz CT molecular complexity index is 641.